The van der Waals surface area contributed by atoms with Crippen molar-refractivity contribution >= 4 is 26.0 Å². The number of rotatable bonds is 5. The van der Waals surface area contributed by atoms with E-state index in [4.69, 9.17) is 4.74 Å². The maximum atomic E-state index is 13.5. The van der Waals surface area contributed by atoms with Gasteiger partial charge in [0.15, 0.2) is 0 Å². The first-order valence-electron chi connectivity index (χ1n) is 5.69. The number of carbonyl (C=O) groups excluding carboxylic acids is 1. The van der Waals surface area contributed by atoms with Crippen molar-refractivity contribution in [1.82, 2.24) is 4.13 Å². The molecule has 0 heterocycles. The molecule has 0 aliphatic heterocycles. The predicted molar refractivity (Wildman–Crippen MR) is 64.8 cm³/mol. The molecule has 1 rings (SSSR count). The molecule has 1 aliphatic rings. The summed E-state index contributed by atoms with van der Waals surface area (Å²) in [4.78, 5) is 11.3. The Morgan fingerprint density at radius 1 is 1.21 bits per heavy atom. The molecule has 0 aromatic carbocycles. The van der Waals surface area contributed by atoms with Gasteiger partial charge in [0, 0.05) is 0 Å². The lowest BCUT2D eigenvalue weighted by molar-refractivity contribution is -0.153. The highest BCUT2D eigenvalue weighted by Gasteiger charge is 2.37. The number of halogens is 1. The minimum atomic E-state index is -4.95. The van der Waals surface area contributed by atoms with Crippen LogP contribution in [0.25, 0.3) is 0 Å². The molecule has 0 amide bonds. The third-order valence-corrected chi connectivity index (χ3v) is 5.44. The zero-order chi connectivity index (χ0) is 14.7. The van der Waals surface area contributed by atoms with Crippen molar-refractivity contribution < 1.29 is 30.8 Å². The largest absolute Gasteiger partial charge is 0.459 e. The first kappa shape index (κ1) is 16.3. The molecule has 1 aliphatic carbocycles. The van der Waals surface area contributed by atoms with Crippen LogP contribution in [0.3, 0.4) is 0 Å². The lowest BCUT2D eigenvalue weighted by Gasteiger charge is -2.22. The second-order valence-electron chi connectivity index (χ2n) is 4.41. The number of ether oxygens (including phenoxy) is 1. The Balaban J connectivity index is 2.65. The van der Waals surface area contributed by atoms with Crippen LogP contribution in [0, 0.1) is 0 Å². The molecule has 0 saturated heterocycles. The number of hydrogen-bond acceptors (Lipinski definition) is 6. The average molecular weight is 317 g/mol. The summed E-state index contributed by atoms with van der Waals surface area (Å²) in [6.45, 7) is 0. The monoisotopic (exact) mass is 317 g/mol. The molecule has 10 heteroatoms. The van der Waals surface area contributed by atoms with Gasteiger partial charge in [-0.05, 0) is 25.7 Å². The fraction of sp³-hybridized carbons (Fsp3) is 0.889. The van der Waals surface area contributed by atoms with Crippen LogP contribution >= 0.6 is 0 Å². The zero-order valence-electron chi connectivity index (χ0n) is 10.3. The lowest BCUT2D eigenvalue weighted by Crippen LogP contribution is -2.41. The molecule has 112 valence electrons. The van der Waals surface area contributed by atoms with Gasteiger partial charge in [0.05, 0.1) is 6.26 Å². The summed E-state index contributed by atoms with van der Waals surface area (Å²) in [5, 5.41) is 0. The third kappa shape index (κ3) is 5.41. The SMILES string of the molecule is CS(=O)(=O)NS(=O)(=O)C(F)C(=O)OC1CCCCC1. The van der Waals surface area contributed by atoms with E-state index in [-0.39, 0.29) is 0 Å². The fourth-order valence-corrected chi connectivity index (χ4v) is 4.12. The molecule has 1 saturated carbocycles. The molecular formula is C9H16FNO6S2. The molecule has 0 aromatic rings. The Labute approximate surface area is 111 Å². The van der Waals surface area contributed by atoms with Gasteiger partial charge in [-0.2, -0.15) is 0 Å². The number of esters is 1. The van der Waals surface area contributed by atoms with Crippen LogP contribution < -0.4 is 4.13 Å². The maximum absolute atomic E-state index is 13.5. The molecule has 0 aromatic heterocycles. The summed E-state index contributed by atoms with van der Waals surface area (Å²) in [6.07, 6.45) is 3.78. The van der Waals surface area contributed by atoms with E-state index < -0.39 is 37.6 Å². The first-order chi connectivity index (χ1) is 8.62. The molecule has 1 unspecified atom stereocenters. The molecule has 1 N–H and O–H groups in total. The molecular weight excluding hydrogens is 301 g/mol. The highest BCUT2D eigenvalue weighted by Crippen LogP contribution is 2.21. The Morgan fingerprint density at radius 3 is 2.21 bits per heavy atom. The summed E-state index contributed by atoms with van der Waals surface area (Å²) in [5.41, 5.74) is -3.05. The third-order valence-electron chi connectivity index (χ3n) is 2.56. The molecule has 1 fully saturated rings. The number of carbonyl (C=O) groups is 1. The minimum Gasteiger partial charge on any atom is -0.459 e. The van der Waals surface area contributed by atoms with E-state index in [9.17, 15) is 26.0 Å². The standard InChI is InChI=1S/C9H16FNO6S2/c1-18(13,14)11-19(15,16)8(10)9(12)17-7-5-3-2-4-6-7/h7-8,11H,2-6H2,1H3. The maximum Gasteiger partial charge on any atom is 0.358 e. The van der Waals surface area contributed by atoms with Crippen molar-refractivity contribution in [3.63, 3.8) is 0 Å². The van der Waals surface area contributed by atoms with Gasteiger partial charge in [0.2, 0.25) is 10.0 Å². The van der Waals surface area contributed by atoms with E-state index in [1.807, 2.05) is 0 Å². The van der Waals surface area contributed by atoms with E-state index in [1.165, 1.54) is 0 Å². The Bertz CT molecular complexity index is 523. The first-order valence-corrected chi connectivity index (χ1v) is 9.12. The van der Waals surface area contributed by atoms with Gasteiger partial charge in [-0.1, -0.05) is 6.42 Å². The summed E-state index contributed by atoms with van der Waals surface area (Å²) < 4.78 is 63.3. The predicted octanol–water partition coefficient (Wildman–Crippen LogP) is 0.0369. The summed E-state index contributed by atoms with van der Waals surface area (Å²) in [6, 6.07) is 0. The smallest absolute Gasteiger partial charge is 0.358 e. The average Bonchev–Trinajstić information content (AvgIpc) is 2.26. The van der Waals surface area contributed by atoms with Crippen LogP contribution in [-0.2, 0) is 29.6 Å². The van der Waals surface area contributed by atoms with Crippen LogP contribution in [0.5, 0.6) is 0 Å². The lowest BCUT2D eigenvalue weighted by atomic mass is 9.98. The molecule has 0 spiro atoms. The summed E-state index contributed by atoms with van der Waals surface area (Å²) >= 11 is 0. The second-order valence-corrected chi connectivity index (χ2v) is 8.13. The Hall–Kier alpha value is -0.740. The van der Waals surface area contributed by atoms with Crippen LogP contribution in [0.1, 0.15) is 32.1 Å². The van der Waals surface area contributed by atoms with Gasteiger partial charge in [-0.25, -0.2) is 26.0 Å². The van der Waals surface area contributed by atoms with Crippen molar-refractivity contribution in [2.45, 2.75) is 43.7 Å². The van der Waals surface area contributed by atoms with Gasteiger partial charge in [0.25, 0.3) is 10.0 Å². The van der Waals surface area contributed by atoms with Crippen molar-refractivity contribution in [2.75, 3.05) is 6.26 Å². The van der Waals surface area contributed by atoms with Gasteiger partial charge in [0.1, 0.15) is 6.10 Å². The zero-order valence-corrected chi connectivity index (χ0v) is 12.0. The topological polar surface area (TPSA) is 107 Å². The van der Waals surface area contributed by atoms with Gasteiger partial charge in [-0.3, -0.25) is 0 Å². The van der Waals surface area contributed by atoms with Crippen LogP contribution in [-0.4, -0.2) is 40.7 Å². The Morgan fingerprint density at radius 2 is 1.74 bits per heavy atom. The summed E-state index contributed by atoms with van der Waals surface area (Å²) in [7, 11) is -9.13. The fourth-order valence-electron chi connectivity index (χ4n) is 1.78. The van der Waals surface area contributed by atoms with Crippen molar-refractivity contribution in [3.8, 4) is 0 Å². The second kappa shape index (κ2) is 6.14. The highest BCUT2D eigenvalue weighted by atomic mass is 32.3. The number of sulfonamides is 2. The normalized spacial score (nSPS) is 19.9. The van der Waals surface area contributed by atoms with Gasteiger partial charge in [-0.15, -0.1) is 4.13 Å². The molecule has 1 atom stereocenters. The van der Waals surface area contributed by atoms with Crippen molar-refractivity contribution in [3.05, 3.63) is 0 Å². The molecule has 19 heavy (non-hydrogen) atoms. The highest BCUT2D eigenvalue weighted by molar-refractivity contribution is 8.04. The van der Waals surface area contributed by atoms with Crippen LogP contribution in [0.2, 0.25) is 0 Å². The summed E-state index contributed by atoms with van der Waals surface area (Å²) in [5.74, 6) is -1.58. The van der Waals surface area contributed by atoms with E-state index in [0.29, 0.717) is 19.1 Å². The minimum absolute atomic E-state index is 0.507. The van der Waals surface area contributed by atoms with E-state index in [1.54, 1.807) is 0 Å². The van der Waals surface area contributed by atoms with Gasteiger partial charge >= 0.3 is 11.5 Å². The van der Waals surface area contributed by atoms with Crippen molar-refractivity contribution in [2.24, 2.45) is 0 Å². The molecule has 0 bridgehead atoms. The van der Waals surface area contributed by atoms with Crippen molar-refractivity contribution in [1.29, 1.82) is 0 Å². The molecule has 0 radical (unpaired) electrons. The van der Waals surface area contributed by atoms with E-state index >= 15 is 0 Å². The van der Waals surface area contributed by atoms with Crippen LogP contribution in [0.4, 0.5) is 4.39 Å². The van der Waals surface area contributed by atoms with E-state index in [0.717, 1.165) is 23.4 Å². The Kier molecular flexibility index (Phi) is 5.27. The van der Waals surface area contributed by atoms with E-state index in [2.05, 4.69) is 0 Å². The quantitative estimate of drug-likeness (QED) is 0.717. The van der Waals surface area contributed by atoms with Crippen LogP contribution in [0.15, 0.2) is 0 Å². The van der Waals surface area contributed by atoms with Gasteiger partial charge < -0.3 is 4.74 Å². The number of alkyl halides is 1. The number of hydrogen-bond donors (Lipinski definition) is 1. The number of nitrogens with one attached hydrogen (secondary N) is 1. The molecule has 7 nitrogen and oxygen atoms in total.